The van der Waals surface area contributed by atoms with Crippen molar-refractivity contribution in [3.05, 3.63) is 42.2 Å². The number of hydrogen-bond acceptors (Lipinski definition) is 4. The van der Waals surface area contributed by atoms with Crippen LogP contribution in [0.1, 0.15) is 16.9 Å². The van der Waals surface area contributed by atoms with Gasteiger partial charge in [-0.15, -0.1) is 17.5 Å². The van der Waals surface area contributed by atoms with Gasteiger partial charge in [0.15, 0.2) is 5.69 Å². The van der Waals surface area contributed by atoms with Crippen molar-refractivity contribution in [2.45, 2.75) is 12.5 Å². The highest BCUT2D eigenvalue weighted by Crippen LogP contribution is 2.12. The van der Waals surface area contributed by atoms with Crippen LogP contribution in [-0.4, -0.2) is 52.0 Å². The van der Waals surface area contributed by atoms with Crippen LogP contribution in [0.25, 0.3) is 5.69 Å². The summed E-state index contributed by atoms with van der Waals surface area (Å²) in [6.07, 6.45) is 2.51. The largest absolute Gasteiger partial charge is 0.336 e. The van der Waals surface area contributed by atoms with E-state index in [1.807, 2.05) is 42.3 Å². The van der Waals surface area contributed by atoms with E-state index >= 15 is 0 Å². The summed E-state index contributed by atoms with van der Waals surface area (Å²) >= 11 is 0. The van der Waals surface area contributed by atoms with Gasteiger partial charge in [0, 0.05) is 19.1 Å². The lowest BCUT2D eigenvalue weighted by Gasteiger charge is -2.14. The molecule has 0 saturated carbocycles. The molecule has 3 rings (SSSR count). The summed E-state index contributed by atoms with van der Waals surface area (Å²) < 4.78 is 0. The van der Waals surface area contributed by atoms with Crippen molar-refractivity contribution in [2.24, 2.45) is 0 Å². The average molecular weight is 308 g/mol. The van der Waals surface area contributed by atoms with Gasteiger partial charge in [-0.25, -0.2) is 0 Å². The van der Waals surface area contributed by atoms with Gasteiger partial charge in [0.05, 0.1) is 11.9 Å². The van der Waals surface area contributed by atoms with Crippen molar-refractivity contribution in [3.8, 4) is 5.69 Å². The van der Waals surface area contributed by atoms with Crippen molar-refractivity contribution in [2.75, 3.05) is 20.1 Å². The predicted octanol–water partition coefficient (Wildman–Crippen LogP) is 1.12. The van der Waals surface area contributed by atoms with Gasteiger partial charge in [0.2, 0.25) is 0 Å². The van der Waals surface area contributed by atoms with E-state index in [2.05, 4.69) is 15.5 Å². The molecule has 1 aromatic carbocycles. The number of halogens is 1. The third kappa shape index (κ3) is 3.22. The minimum absolute atomic E-state index is 0. The standard InChI is InChI=1S/C14H17N5O.ClH/c1-15-11-7-8-18(10-11)14(20)13-9-16-19(17-13)12-5-3-2-4-6-12;/h2-6,9,11,15H,7-8,10H2,1H3;1H. The van der Waals surface area contributed by atoms with Gasteiger partial charge < -0.3 is 10.2 Å². The summed E-state index contributed by atoms with van der Waals surface area (Å²) in [4.78, 5) is 15.6. The van der Waals surface area contributed by atoms with Crippen LogP contribution in [0.4, 0.5) is 0 Å². The van der Waals surface area contributed by atoms with Crippen molar-refractivity contribution >= 4 is 18.3 Å². The summed E-state index contributed by atoms with van der Waals surface area (Å²) in [5.41, 5.74) is 1.24. The maximum Gasteiger partial charge on any atom is 0.276 e. The van der Waals surface area contributed by atoms with E-state index in [0.717, 1.165) is 25.2 Å². The van der Waals surface area contributed by atoms with Crippen LogP contribution in [0.2, 0.25) is 0 Å². The first-order valence-electron chi connectivity index (χ1n) is 6.72. The number of carbonyl (C=O) groups is 1. The van der Waals surface area contributed by atoms with Gasteiger partial charge in [-0.1, -0.05) is 18.2 Å². The Kier molecular flexibility index (Phi) is 4.93. The first-order valence-corrected chi connectivity index (χ1v) is 6.72. The predicted molar refractivity (Wildman–Crippen MR) is 82.0 cm³/mol. The lowest BCUT2D eigenvalue weighted by atomic mass is 10.3. The number of nitrogens with zero attached hydrogens (tertiary/aromatic N) is 4. The smallest absolute Gasteiger partial charge is 0.276 e. The Morgan fingerprint density at radius 3 is 2.76 bits per heavy atom. The lowest BCUT2D eigenvalue weighted by Crippen LogP contribution is -2.33. The first-order chi connectivity index (χ1) is 9.78. The highest BCUT2D eigenvalue weighted by Gasteiger charge is 2.27. The molecule has 1 atom stereocenters. The lowest BCUT2D eigenvalue weighted by molar-refractivity contribution is 0.0783. The van der Waals surface area contributed by atoms with Gasteiger partial charge in [0.25, 0.3) is 5.91 Å². The molecule has 1 saturated heterocycles. The molecule has 6 nitrogen and oxygen atoms in total. The number of carbonyl (C=O) groups excluding carboxylic acids is 1. The Balaban J connectivity index is 0.00000161. The van der Waals surface area contributed by atoms with Crippen molar-refractivity contribution in [3.63, 3.8) is 0 Å². The summed E-state index contributed by atoms with van der Waals surface area (Å²) in [5.74, 6) is -0.0510. The number of likely N-dealkylation sites (N-methyl/N-ethyl adjacent to an activating group) is 1. The Morgan fingerprint density at radius 2 is 2.10 bits per heavy atom. The van der Waals surface area contributed by atoms with E-state index in [0.29, 0.717) is 11.7 Å². The zero-order valence-corrected chi connectivity index (χ0v) is 12.6. The van der Waals surface area contributed by atoms with E-state index in [9.17, 15) is 4.79 Å². The maximum absolute atomic E-state index is 12.3. The topological polar surface area (TPSA) is 63.1 Å². The monoisotopic (exact) mass is 307 g/mol. The number of benzene rings is 1. The van der Waals surface area contributed by atoms with Crippen LogP contribution in [0.3, 0.4) is 0 Å². The summed E-state index contributed by atoms with van der Waals surface area (Å²) in [6.45, 7) is 1.50. The molecule has 0 bridgehead atoms. The zero-order chi connectivity index (χ0) is 13.9. The second-order valence-corrected chi connectivity index (χ2v) is 4.88. The second kappa shape index (κ2) is 6.69. The third-order valence-corrected chi connectivity index (χ3v) is 3.58. The molecule has 2 aromatic rings. The number of para-hydroxylation sites is 1. The van der Waals surface area contributed by atoms with E-state index in [4.69, 9.17) is 0 Å². The fraction of sp³-hybridized carbons (Fsp3) is 0.357. The zero-order valence-electron chi connectivity index (χ0n) is 11.8. The number of amides is 1. The Hall–Kier alpha value is -1.92. The molecular formula is C14H18ClN5O. The van der Waals surface area contributed by atoms with Crippen LogP contribution in [-0.2, 0) is 0 Å². The molecule has 1 aromatic heterocycles. The molecule has 1 fully saturated rings. The molecule has 2 heterocycles. The second-order valence-electron chi connectivity index (χ2n) is 4.88. The minimum Gasteiger partial charge on any atom is -0.336 e. The van der Waals surface area contributed by atoms with Gasteiger partial charge >= 0.3 is 0 Å². The SMILES string of the molecule is CNC1CCN(C(=O)c2cnn(-c3ccccc3)n2)C1.Cl. The highest BCUT2D eigenvalue weighted by atomic mass is 35.5. The van der Waals surface area contributed by atoms with Crippen LogP contribution in [0.5, 0.6) is 0 Å². The van der Waals surface area contributed by atoms with Gasteiger partial charge in [0.1, 0.15) is 0 Å². The van der Waals surface area contributed by atoms with E-state index in [1.54, 1.807) is 0 Å². The molecule has 112 valence electrons. The minimum atomic E-state index is -0.0510. The molecule has 1 unspecified atom stereocenters. The molecule has 1 amide bonds. The van der Waals surface area contributed by atoms with E-state index < -0.39 is 0 Å². The van der Waals surface area contributed by atoms with Gasteiger partial charge in [-0.05, 0) is 25.6 Å². The van der Waals surface area contributed by atoms with Crippen LogP contribution in [0, 0.1) is 0 Å². The molecular weight excluding hydrogens is 290 g/mol. The number of aromatic nitrogens is 3. The molecule has 0 spiro atoms. The normalized spacial score (nSPS) is 17.6. The average Bonchev–Trinajstić information content (AvgIpc) is 3.17. The van der Waals surface area contributed by atoms with Crippen molar-refractivity contribution in [1.82, 2.24) is 25.2 Å². The van der Waals surface area contributed by atoms with Crippen molar-refractivity contribution < 1.29 is 4.79 Å². The Bertz CT molecular complexity index is 600. The summed E-state index contributed by atoms with van der Waals surface area (Å²) in [7, 11) is 1.92. The molecule has 0 radical (unpaired) electrons. The fourth-order valence-corrected chi connectivity index (χ4v) is 2.39. The van der Waals surface area contributed by atoms with Crippen LogP contribution in [0.15, 0.2) is 36.5 Å². The number of rotatable bonds is 3. The third-order valence-electron chi connectivity index (χ3n) is 3.58. The molecule has 0 aliphatic carbocycles. The van der Waals surface area contributed by atoms with Gasteiger partial charge in [-0.2, -0.15) is 9.90 Å². The molecule has 1 N–H and O–H groups in total. The fourth-order valence-electron chi connectivity index (χ4n) is 2.39. The quantitative estimate of drug-likeness (QED) is 0.923. The molecule has 1 aliphatic rings. The Labute approximate surface area is 129 Å². The van der Waals surface area contributed by atoms with Crippen molar-refractivity contribution in [1.29, 1.82) is 0 Å². The van der Waals surface area contributed by atoms with Gasteiger partial charge in [-0.3, -0.25) is 4.79 Å². The molecule has 1 aliphatic heterocycles. The van der Waals surface area contributed by atoms with E-state index in [-0.39, 0.29) is 18.3 Å². The number of likely N-dealkylation sites (tertiary alicyclic amines) is 1. The molecule has 7 heteroatoms. The first kappa shape index (κ1) is 15.5. The van der Waals surface area contributed by atoms with Crippen LogP contribution >= 0.6 is 12.4 Å². The highest BCUT2D eigenvalue weighted by molar-refractivity contribution is 5.92. The summed E-state index contributed by atoms with van der Waals surface area (Å²) in [6, 6.07) is 9.95. The number of hydrogen-bond donors (Lipinski definition) is 1. The van der Waals surface area contributed by atoms with E-state index in [1.165, 1.54) is 11.0 Å². The van der Waals surface area contributed by atoms with Crippen LogP contribution < -0.4 is 5.32 Å². The molecule has 21 heavy (non-hydrogen) atoms. The number of nitrogens with one attached hydrogen (secondary N) is 1. The summed E-state index contributed by atoms with van der Waals surface area (Å²) in [5, 5.41) is 11.6. The Morgan fingerprint density at radius 1 is 1.33 bits per heavy atom. The maximum atomic E-state index is 12.3.